The van der Waals surface area contributed by atoms with E-state index in [1.807, 2.05) is 18.7 Å². The minimum Gasteiger partial charge on any atom is -0.353 e. The molecule has 1 fully saturated rings. The Morgan fingerprint density at radius 2 is 2.20 bits per heavy atom. The quantitative estimate of drug-likeness (QED) is 0.783. The number of aryl methyl sites for hydroxylation is 1. The molecule has 0 aliphatic carbocycles. The van der Waals surface area contributed by atoms with Crippen molar-refractivity contribution in [2.45, 2.75) is 39.5 Å². The first-order valence-corrected chi connectivity index (χ1v) is 7.23. The summed E-state index contributed by atoms with van der Waals surface area (Å²) in [6, 6.07) is 2.29. The van der Waals surface area contributed by atoms with Crippen LogP contribution in [-0.2, 0) is 17.6 Å². The molecule has 0 amide bonds. The maximum Gasteiger partial charge on any atom is 0.169 e. The molecule has 1 unspecified atom stereocenters. The smallest absolute Gasteiger partial charge is 0.169 e. The van der Waals surface area contributed by atoms with Crippen LogP contribution in [-0.4, -0.2) is 29.6 Å². The Morgan fingerprint density at radius 1 is 1.40 bits per heavy atom. The number of piperidine rings is 1. The number of nitriles is 1. The Kier molecular flexibility index (Phi) is 4.67. The molecule has 1 aliphatic heterocycles. The van der Waals surface area contributed by atoms with Gasteiger partial charge in [-0.05, 0) is 31.2 Å². The van der Waals surface area contributed by atoms with Crippen LogP contribution >= 0.6 is 0 Å². The lowest BCUT2D eigenvalue weighted by Crippen LogP contribution is -2.37. The minimum absolute atomic E-state index is 0.0352. The summed E-state index contributed by atoms with van der Waals surface area (Å²) in [5.74, 6) is 0.682. The molecular formula is C15H20N4O. The third-order valence-corrected chi connectivity index (χ3v) is 3.89. The molecule has 5 heteroatoms. The van der Waals surface area contributed by atoms with Crippen LogP contribution in [0.3, 0.4) is 0 Å². The number of anilines is 1. The number of hydrogen-bond donors (Lipinski definition) is 0. The molecular weight excluding hydrogens is 252 g/mol. The lowest BCUT2D eigenvalue weighted by atomic mass is 9.98. The third kappa shape index (κ3) is 2.64. The van der Waals surface area contributed by atoms with Crippen LogP contribution in [0.25, 0.3) is 0 Å². The molecule has 1 aromatic heterocycles. The predicted octanol–water partition coefficient (Wildman–Crippen LogP) is 1.89. The predicted molar refractivity (Wildman–Crippen MR) is 76.5 cm³/mol. The van der Waals surface area contributed by atoms with E-state index in [0.717, 1.165) is 49.8 Å². The molecule has 0 saturated carbocycles. The summed E-state index contributed by atoms with van der Waals surface area (Å²) in [6.45, 7) is 5.53. The molecule has 1 saturated heterocycles. The second-order valence-corrected chi connectivity index (χ2v) is 5.13. The maximum absolute atomic E-state index is 11.0. The first-order chi connectivity index (χ1) is 9.74. The van der Waals surface area contributed by atoms with Crippen molar-refractivity contribution in [2.75, 3.05) is 18.0 Å². The lowest BCUT2D eigenvalue weighted by Gasteiger charge is -2.31. The molecule has 0 N–H and O–H groups in total. The van der Waals surface area contributed by atoms with Crippen LogP contribution < -0.4 is 4.90 Å². The van der Waals surface area contributed by atoms with E-state index in [9.17, 15) is 10.1 Å². The van der Waals surface area contributed by atoms with Gasteiger partial charge in [0, 0.05) is 19.0 Å². The van der Waals surface area contributed by atoms with E-state index < -0.39 is 0 Å². The molecule has 1 aromatic rings. The van der Waals surface area contributed by atoms with Gasteiger partial charge in [0.2, 0.25) is 0 Å². The molecule has 20 heavy (non-hydrogen) atoms. The fourth-order valence-corrected chi connectivity index (χ4v) is 2.81. The highest BCUT2D eigenvalue weighted by molar-refractivity contribution is 5.61. The fraction of sp³-hybridized carbons (Fsp3) is 0.600. The third-order valence-electron chi connectivity index (χ3n) is 3.89. The topological polar surface area (TPSA) is 69.9 Å². The first kappa shape index (κ1) is 14.4. The monoisotopic (exact) mass is 272 g/mol. The van der Waals surface area contributed by atoms with Crippen molar-refractivity contribution < 1.29 is 4.79 Å². The van der Waals surface area contributed by atoms with Crippen LogP contribution in [0.4, 0.5) is 5.82 Å². The van der Waals surface area contributed by atoms with Crippen molar-refractivity contribution in [2.24, 2.45) is 5.92 Å². The van der Waals surface area contributed by atoms with Gasteiger partial charge in [0.25, 0.3) is 0 Å². The summed E-state index contributed by atoms with van der Waals surface area (Å²) in [4.78, 5) is 13.0. The normalized spacial score (nSPS) is 18.6. The van der Waals surface area contributed by atoms with Gasteiger partial charge in [-0.1, -0.05) is 13.8 Å². The highest BCUT2D eigenvalue weighted by Crippen LogP contribution is 2.26. The van der Waals surface area contributed by atoms with Crippen molar-refractivity contribution in [1.82, 2.24) is 10.2 Å². The zero-order chi connectivity index (χ0) is 14.5. The molecule has 106 valence electrons. The van der Waals surface area contributed by atoms with Gasteiger partial charge in [-0.2, -0.15) is 10.4 Å². The van der Waals surface area contributed by atoms with Crippen LogP contribution in [0.5, 0.6) is 0 Å². The second kappa shape index (κ2) is 6.47. The highest BCUT2D eigenvalue weighted by Gasteiger charge is 2.24. The molecule has 5 nitrogen and oxygen atoms in total. The van der Waals surface area contributed by atoms with Gasteiger partial charge in [-0.15, -0.1) is 5.10 Å². The van der Waals surface area contributed by atoms with Gasteiger partial charge in [-0.3, -0.25) is 0 Å². The molecule has 0 bridgehead atoms. The minimum atomic E-state index is 0.0352. The van der Waals surface area contributed by atoms with Gasteiger partial charge in [-0.25, -0.2) is 0 Å². The number of carbonyl (C=O) groups is 1. The van der Waals surface area contributed by atoms with Crippen LogP contribution in [0.15, 0.2) is 0 Å². The number of rotatable bonds is 4. The summed E-state index contributed by atoms with van der Waals surface area (Å²) < 4.78 is 0. The van der Waals surface area contributed by atoms with E-state index in [1.165, 1.54) is 0 Å². The Bertz CT molecular complexity index is 535. The molecule has 2 rings (SSSR count). The van der Waals surface area contributed by atoms with Crippen LogP contribution in [0.1, 0.15) is 43.5 Å². The SMILES string of the molecule is CCc1nnc(N2CCCC(C=O)C2)c(C#N)c1CC. The summed E-state index contributed by atoms with van der Waals surface area (Å²) in [7, 11) is 0. The van der Waals surface area contributed by atoms with Crippen molar-refractivity contribution >= 4 is 12.1 Å². The van der Waals surface area contributed by atoms with Gasteiger partial charge in [0.1, 0.15) is 17.9 Å². The van der Waals surface area contributed by atoms with Crippen LogP contribution in [0, 0.1) is 17.2 Å². The zero-order valence-corrected chi connectivity index (χ0v) is 12.1. The van der Waals surface area contributed by atoms with Crippen molar-refractivity contribution in [1.29, 1.82) is 5.26 Å². The summed E-state index contributed by atoms with van der Waals surface area (Å²) in [5, 5.41) is 18.0. The van der Waals surface area contributed by atoms with E-state index in [4.69, 9.17) is 0 Å². The number of hydrogen-bond acceptors (Lipinski definition) is 5. The zero-order valence-electron chi connectivity index (χ0n) is 12.1. The maximum atomic E-state index is 11.0. The molecule has 1 aliphatic rings. The van der Waals surface area contributed by atoms with E-state index in [0.29, 0.717) is 17.9 Å². The Labute approximate surface area is 119 Å². The average molecular weight is 272 g/mol. The van der Waals surface area contributed by atoms with Crippen molar-refractivity contribution in [3.8, 4) is 6.07 Å². The molecule has 2 heterocycles. The van der Waals surface area contributed by atoms with E-state index in [-0.39, 0.29) is 5.92 Å². The Hall–Kier alpha value is -1.96. The van der Waals surface area contributed by atoms with E-state index >= 15 is 0 Å². The Morgan fingerprint density at radius 3 is 2.80 bits per heavy atom. The van der Waals surface area contributed by atoms with Crippen molar-refractivity contribution in [3.63, 3.8) is 0 Å². The van der Waals surface area contributed by atoms with Gasteiger partial charge < -0.3 is 9.69 Å². The summed E-state index contributed by atoms with van der Waals surface area (Å²) >= 11 is 0. The molecule has 0 aromatic carbocycles. The number of carbonyl (C=O) groups excluding carboxylic acids is 1. The molecule has 0 spiro atoms. The fourth-order valence-electron chi connectivity index (χ4n) is 2.81. The lowest BCUT2D eigenvalue weighted by molar-refractivity contribution is -0.111. The van der Waals surface area contributed by atoms with E-state index in [1.54, 1.807) is 0 Å². The van der Waals surface area contributed by atoms with Gasteiger partial charge in [0.15, 0.2) is 5.82 Å². The number of nitrogens with zero attached hydrogens (tertiary/aromatic N) is 4. The summed E-state index contributed by atoms with van der Waals surface area (Å²) in [5.41, 5.74) is 2.52. The largest absolute Gasteiger partial charge is 0.353 e. The highest BCUT2D eigenvalue weighted by atomic mass is 16.1. The van der Waals surface area contributed by atoms with Crippen molar-refractivity contribution in [3.05, 3.63) is 16.8 Å². The average Bonchev–Trinajstić information content (AvgIpc) is 2.53. The summed E-state index contributed by atoms with van der Waals surface area (Å²) in [6.07, 6.45) is 4.43. The molecule has 0 radical (unpaired) electrons. The number of aromatic nitrogens is 2. The Balaban J connectivity index is 2.41. The molecule has 1 atom stereocenters. The van der Waals surface area contributed by atoms with Gasteiger partial charge in [0.05, 0.1) is 5.69 Å². The van der Waals surface area contributed by atoms with E-state index in [2.05, 4.69) is 16.3 Å². The van der Waals surface area contributed by atoms with Gasteiger partial charge >= 0.3 is 0 Å². The van der Waals surface area contributed by atoms with Crippen LogP contribution in [0.2, 0.25) is 0 Å². The second-order valence-electron chi connectivity index (χ2n) is 5.13. The standard InChI is InChI=1S/C15H20N4O/c1-3-12-13(8-16)15(18-17-14(12)4-2)19-7-5-6-11(9-19)10-20/h10-11H,3-7,9H2,1-2H3. The number of aldehydes is 1. The first-order valence-electron chi connectivity index (χ1n) is 7.23.